The van der Waals surface area contributed by atoms with Crippen LogP contribution in [0, 0.1) is 6.92 Å². The van der Waals surface area contributed by atoms with Gasteiger partial charge in [0.15, 0.2) is 5.78 Å². The van der Waals surface area contributed by atoms with Gasteiger partial charge in [0, 0.05) is 16.5 Å². The van der Waals surface area contributed by atoms with Gasteiger partial charge in [0.1, 0.15) is 0 Å². The van der Waals surface area contributed by atoms with Crippen LogP contribution >= 0.6 is 0 Å². The molecule has 0 atom stereocenters. The molecule has 0 aliphatic heterocycles. The number of aromatic nitrogens is 1. The Morgan fingerprint density at radius 3 is 2.57 bits per heavy atom. The minimum atomic E-state index is -0.347. The zero-order valence-electron chi connectivity index (χ0n) is 13.1. The summed E-state index contributed by atoms with van der Waals surface area (Å²) in [5.74, 6) is -0.235. The molecule has 0 saturated heterocycles. The van der Waals surface area contributed by atoms with Gasteiger partial charge in [0.25, 0.3) is 5.56 Å². The van der Waals surface area contributed by atoms with Crippen LogP contribution in [0.3, 0.4) is 0 Å². The highest BCUT2D eigenvalue weighted by atomic mass is 16.1. The Balaban J connectivity index is 2.24. The van der Waals surface area contributed by atoms with E-state index in [1.807, 2.05) is 61.5 Å². The van der Waals surface area contributed by atoms with Crippen LogP contribution in [0.5, 0.6) is 0 Å². The lowest BCUT2D eigenvalue weighted by atomic mass is 9.99. The SMILES string of the molecule is CC(=O)c1c(/C=C/c2cccc(C)c2)c2ccccc2[nH]c1=O. The minimum absolute atomic E-state index is 0.201. The molecule has 1 aromatic heterocycles. The quantitative estimate of drug-likeness (QED) is 0.737. The summed E-state index contributed by atoms with van der Waals surface area (Å²) in [6.45, 7) is 3.45. The van der Waals surface area contributed by atoms with Crippen molar-refractivity contribution in [2.45, 2.75) is 13.8 Å². The third kappa shape index (κ3) is 2.99. The van der Waals surface area contributed by atoms with E-state index >= 15 is 0 Å². The van der Waals surface area contributed by atoms with E-state index < -0.39 is 0 Å². The van der Waals surface area contributed by atoms with Crippen molar-refractivity contribution in [3.63, 3.8) is 0 Å². The molecule has 3 aromatic rings. The number of benzene rings is 2. The van der Waals surface area contributed by atoms with E-state index in [0.717, 1.165) is 22.0 Å². The highest BCUT2D eigenvalue weighted by Crippen LogP contribution is 2.21. The second kappa shape index (κ2) is 6.05. The Hall–Kier alpha value is -2.94. The molecule has 0 radical (unpaired) electrons. The number of nitrogens with one attached hydrogen (secondary N) is 1. The zero-order chi connectivity index (χ0) is 16.4. The number of Topliss-reactive ketones (excluding diaryl/α,β-unsaturated/α-hetero) is 1. The molecule has 3 rings (SSSR count). The molecule has 3 nitrogen and oxygen atoms in total. The zero-order valence-corrected chi connectivity index (χ0v) is 13.1. The fourth-order valence-corrected chi connectivity index (χ4v) is 2.74. The maximum absolute atomic E-state index is 12.3. The number of fused-ring (bicyclic) bond motifs is 1. The average molecular weight is 303 g/mol. The molecule has 0 saturated carbocycles. The maximum atomic E-state index is 12.3. The topological polar surface area (TPSA) is 49.9 Å². The summed E-state index contributed by atoms with van der Waals surface area (Å²) in [5, 5.41) is 0.862. The molecule has 0 amide bonds. The van der Waals surface area contributed by atoms with Crippen molar-refractivity contribution in [1.29, 1.82) is 0 Å². The summed E-state index contributed by atoms with van der Waals surface area (Å²) in [4.78, 5) is 27.0. The van der Waals surface area contributed by atoms with Crippen LogP contribution in [-0.2, 0) is 0 Å². The summed E-state index contributed by atoms with van der Waals surface area (Å²) in [7, 11) is 0. The minimum Gasteiger partial charge on any atom is -0.321 e. The van der Waals surface area contributed by atoms with Crippen molar-refractivity contribution in [2.24, 2.45) is 0 Å². The number of aromatic amines is 1. The molecule has 0 aliphatic carbocycles. The van der Waals surface area contributed by atoms with Gasteiger partial charge in [-0.25, -0.2) is 0 Å². The summed E-state index contributed by atoms with van der Waals surface area (Å²) in [6, 6.07) is 15.6. The molecule has 0 fully saturated rings. The molecular formula is C20H17NO2. The van der Waals surface area contributed by atoms with E-state index in [2.05, 4.69) is 11.1 Å². The number of carbonyl (C=O) groups is 1. The van der Waals surface area contributed by atoms with E-state index in [1.165, 1.54) is 6.92 Å². The van der Waals surface area contributed by atoms with Crippen LogP contribution in [0.2, 0.25) is 0 Å². The molecule has 1 heterocycles. The van der Waals surface area contributed by atoms with Crippen LogP contribution in [0.15, 0.2) is 53.3 Å². The predicted molar refractivity (Wildman–Crippen MR) is 94.7 cm³/mol. The van der Waals surface area contributed by atoms with Crippen molar-refractivity contribution in [3.05, 3.63) is 81.1 Å². The van der Waals surface area contributed by atoms with Crippen LogP contribution in [0.1, 0.15) is 34.0 Å². The van der Waals surface area contributed by atoms with Gasteiger partial charge >= 0.3 is 0 Å². The summed E-state index contributed by atoms with van der Waals surface area (Å²) in [5.41, 5.74) is 3.44. The van der Waals surface area contributed by atoms with Gasteiger partial charge in [0.2, 0.25) is 0 Å². The molecular weight excluding hydrogens is 286 g/mol. The molecule has 23 heavy (non-hydrogen) atoms. The fourth-order valence-electron chi connectivity index (χ4n) is 2.74. The highest BCUT2D eigenvalue weighted by Gasteiger charge is 2.14. The second-order valence-electron chi connectivity index (χ2n) is 5.59. The number of rotatable bonds is 3. The van der Waals surface area contributed by atoms with Crippen LogP contribution in [-0.4, -0.2) is 10.8 Å². The number of pyridine rings is 1. The molecule has 1 N–H and O–H groups in total. The Bertz CT molecular complexity index is 980. The summed E-state index contributed by atoms with van der Waals surface area (Å²) >= 11 is 0. The Morgan fingerprint density at radius 2 is 1.83 bits per heavy atom. The van der Waals surface area contributed by atoms with Gasteiger partial charge in [-0.15, -0.1) is 0 Å². The van der Waals surface area contributed by atoms with Crippen LogP contribution in [0.4, 0.5) is 0 Å². The first kappa shape index (κ1) is 15.0. The van der Waals surface area contributed by atoms with Gasteiger partial charge in [0.05, 0.1) is 5.56 Å². The van der Waals surface area contributed by atoms with Crippen molar-refractivity contribution < 1.29 is 4.79 Å². The first-order valence-corrected chi connectivity index (χ1v) is 7.47. The van der Waals surface area contributed by atoms with Crippen LogP contribution in [0.25, 0.3) is 23.1 Å². The Labute approximate surface area is 134 Å². The lowest BCUT2D eigenvalue weighted by molar-refractivity contribution is 0.101. The highest BCUT2D eigenvalue weighted by molar-refractivity contribution is 6.04. The molecule has 2 aromatic carbocycles. The smallest absolute Gasteiger partial charge is 0.259 e. The first-order chi connectivity index (χ1) is 11.1. The Kier molecular flexibility index (Phi) is 3.94. The number of para-hydroxylation sites is 1. The number of hydrogen-bond acceptors (Lipinski definition) is 2. The number of aryl methyl sites for hydroxylation is 1. The predicted octanol–water partition coefficient (Wildman–Crippen LogP) is 4.21. The van der Waals surface area contributed by atoms with Gasteiger partial charge < -0.3 is 4.98 Å². The lowest BCUT2D eigenvalue weighted by Gasteiger charge is -2.07. The van der Waals surface area contributed by atoms with Gasteiger partial charge in [-0.05, 0) is 25.5 Å². The molecule has 114 valence electrons. The third-order valence-electron chi connectivity index (χ3n) is 3.80. The van der Waals surface area contributed by atoms with Crippen molar-refractivity contribution >= 4 is 28.8 Å². The van der Waals surface area contributed by atoms with E-state index in [-0.39, 0.29) is 16.9 Å². The van der Waals surface area contributed by atoms with E-state index in [4.69, 9.17) is 0 Å². The van der Waals surface area contributed by atoms with Gasteiger partial charge in [-0.1, -0.05) is 60.2 Å². The average Bonchev–Trinajstić information content (AvgIpc) is 2.51. The number of hydrogen-bond donors (Lipinski definition) is 1. The lowest BCUT2D eigenvalue weighted by Crippen LogP contribution is -2.18. The van der Waals surface area contributed by atoms with E-state index in [1.54, 1.807) is 0 Å². The number of carbonyl (C=O) groups excluding carboxylic acids is 1. The second-order valence-corrected chi connectivity index (χ2v) is 5.59. The van der Waals surface area contributed by atoms with Crippen molar-refractivity contribution in [3.8, 4) is 0 Å². The number of ketones is 1. The maximum Gasteiger partial charge on any atom is 0.259 e. The molecule has 3 heteroatoms. The molecule has 0 bridgehead atoms. The fraction of sp³-hybridized carbons (Fsp3) is 0.100. The standard InChI is InChI=1S/C20H17NO2/c1-13-6-5-7-15(12-13)10-11-17-16-8-3-4-9-18(16)21-20(23)19(17)14(2)22/h3-12H,1-2H3,(H,21,23)/b11-10+. The number of H-pyrrole nitrogens is 1. The van der Waals surface area contributed by atoms with Gasteiger partial charge in [-0.2, -0.15) is 0 Å². The summed E-state index contributed by atoms with van der Waals surface area (Å²) < 4.78 is 0. The van der Waals surface area contributed by atoms with E-state index in [9.17, 15) is 9.59 Å². The van der Waals surface area contributed by atoms with Crippen LogP contribution < -0.4 is 5.56 Å². The van der Waals surface area contributed by atoms with Crippen molar-refractivity contribution in [2.75, 3.05) is 0 Å². The first-order valence-electron chi connectivity index (χ1n) is 7.47. The third-order valence-corrected chi connectivity index (χ3v) is 3.80. The normalized spacial score (nSPS) is 11.2. The monoisotopic (exact) mass is 303 g/mol. The molecule has 0 aliphatic rings. The van der Waals surface area contributed by atoms with E-state index in [0.29, 0.717) is 5.56 Å². The summed E-state index contributed by atoms with van der Waals surface area (Å²) in [6.07, 6.45) is 3.78. The largest absolute Gasteiger partial charge is 0.321 e. The van der Waals surface area contributed by atoms with Gasteiger partial charge in [-0.3, -0.25) is 9.59 Å². The molecule has 0 spiro atoms. The molecule has 0 unspecified atom stereocenters. The van der Waals surface area contributed by atoms with Crippen molar-refractivity contribution in [1.82, 2.24) is 4.98 Å². The Morgan fingerprint density at radius 1 is 1.04 bits per heavy atom.